The topological polar surface area (TPSA) is 53.8 Å². The average molecular weight is 358 g/mol. The van der Waals surface area contributed by atoms with E-state index in [2.05, 4.69) is 33.2 Å². The number of benzene rings is 1. The normalized spacial score (nSPS) is 19.0. The van der Waals surface area contributed by atoms with E-state index in [1.807, 2.05) is 37.0 Å². The molecule has 1 aromatic carbocycles. The Labute approximate surface area is 156 Å². The van der Waals surface area contributed by atoms with Crippen LogP contribution in [0.1, 0.15) is 24.5 Å². The van der Waals surface area contributed by atoms with Gasteiger partial charge in [0.05, 0.1) is 12.8 Å². The molecule has 1 aromatic heterocycles. The van der Waals surface area contributed by atoms with Gasteiger partial charge in [0.25, 0.3) is 0 Å². The summed E-state index contributed by atoms with van der Waals surface area (Å²) in [6.45, 7) is 7.67. The Balaban J connectivity index is 1.65. The Hall–Kier alpha value is -1.89. The van der Waals surface area contributed by atoms with Gasteiger partial charge in [-0.15, -0.1) is 0 Å². The highest BCUT2D eigenvalue weighted by atomic mass is 16.5. The van der Waals surface area contributed by atoms with E-state index in [1.54, 1.807) is 0 Å². The first-order valence-electron chi connectivity index (χ1n) is 9.45. The molecule has 1 aliphatic heterocycles. The SMILES string of the molecule is CCOc1ccccc1CN1CCN(Cc2cnn(C)c2)CC1CCO. The number of rotatable bonds is 8. The fraction of sp³-hybridized carbons (Fsp3) is 0.550. The zero-order valence-corrected chi connectivity index (χ0v) is 15.8. The third-order valence-corrected chi connectivity index (χ3v) is 4.96. The van der Waals surface area contributed by atoms with Crippen LogP contribution in [0.25, 0.3) is 0 Å². The zero-order chi connectivity index (χ0) is 18.4. The summed E-state index contributed by atoms with van der Waals surface area (Å²) in [5.41, 5.74) is 2.46. The second-order valence-corrected chi connectivity index (χ2v) is 6.93. The number of aromatic nitrogens is 2. The van der Waals surface area contributed by atoms with Crippen LogP contribution in [0.4, 0.5) is 0 Å². The summed E-state index contributed by atoms with van der Waals surface area (Å²) in [7, 11) is 1.95. The Kier molecular flexibility index (Phi) is 6.66. The molecule has 2 aromatic rings. The van der Waals surface area contributed by atoms with Gasteiger partial charge in [-0.2, -0.15) is 5.10 Å². The third-order valence-electron chi connectivity index (χ3n) is 4.96. The number of aryl methyl sites for hydroxylation is 1. The lowest BCUT2D eigenvalue weighted by atomic mass is 10.1. The van der Waals surface area contributed by atoms with Crippen molar-refractivity contribution in [1.29, 1.82) is 0 Å². The van der Waals surface area contributed by atoms with E-state index in [-0.39, 0.29) is 6.61 Å². The Morgan fingerprint density at radius 2 is 2.08 bits per heavy atom. The maximum Gasteiger partial charge on any atom is 0.123 e. The summed E-state index contributed by atoms with van der Waals surface area (Å²) in [4.78, 5) is 4.94. The zero-order valence-electron chi connectivity index (χ0n) is 15.8. The van der Waals surface area contributed by atoms with Gasteiger partial charge >= 0.3 is 0 Å². The van der Waals surface area contributed by atoms with Crippen LogP contribution in [0.3, 0.4) is 0 Å². The number of hydrogen-bond donors (Lipinski definition) is 1. The Bertz CT molecular complexity index is 688. The highest BCUT2D eigenvalue weighted by Crippen LogP contribution is 2.23. The molecule has 2 heterocycles. The quantitative estimate of drug-likeness (QED) is 0.781. The molecule has 142 valence electrons. The number of hydrogen-bond acceptors (Lipinski definition) is 5. The van der Waals surface area contributed by atoms with Crippen molar-refractivity contribution in [2.45, 2.75) is 32.5 Å². The second-order valence-electron chi connectivity index (χ2n) is 6.93. The lowest BCUT2D eigenvalue weighted by Gasteiger charge is -2.41. The highest BCUT2D eigenvalue weighted by Gasteiger charge is 2.27. The summed E-state index contributed by atoms with van der Waals surface area (Å²) >= 11 is 0. The smallest absolute Gasteiger partial charge is 0.123 e. The Morgan fingerprint density at radius 1 is 1.23 bits per heavy atom. The number of aliphatic hydroxyl groups excluding tert-OH is 1. The molecule has 1 saturated heterocycles. The number of nitrogens with zero attached hydrogens (tertiary/aromatic N) is 4. The summed E-state index contributed by atoms with van der Waals surface area (Å²) in [6.07, 6.45) is 4.80. The van der Waals surface area contributed by atoms with Gasteiger partial charge < -0.3 is 9.84 Å². The monoisotopic (exact) mass is 358 g/mol. The molecule has 1 aliphatic rings. The van der Waals surface area contributed by atoms with Crippen LogP contribution in [-0.4, -0.2) is 63.6 Å². The minimum atomic E-state index is 0.217. The van der Waals surface area contributed by atoms with Gasteiger partial charge in [0.1, 0.15) is 5.75 Å². The number of ether oxygens (including phenoxy) is 1. The predicted octanol–water partition coefficient (Wildman–Crippen LogP) is 1.89. The molecule has 3 rings (SSSR count). The van der Waals surface area contributed by atoms with Gasteiger partial charge in [-0.05, 0) is 19.4 Å². The van der Waals surface area contributed by atoms with Crippen molar-refractivity contribution in [2.24, 2.45) is 7.05 Å². The van der Waals surface area contributed by atoms with Crippen LogP contribution in [0.5, 0.6) is 5.75 Å². The fourth-order valence-corrected chi connectivity index (χ4v) is 3.69. The van der Waals surface area contributed by atoms with Crippen molar-refractivity contribution in [2.75, 3.05) is 32.8 Å². The summed E-state index contributed by atoms with van der Waals surface area (Å²) in [6, 6.07) is 8.62. The maximum absolute atomic E-state index is 9.54. The summed E-state index contributed by atoms with van der Waals surface area (Å²) in [5.74, 6) is 0.968. The minimum Gasteiger partial charge on any atom is -0.494 e. The lowest BCUT2D eigenvalue weighted by molar-refractivity contribution is 0.0494. The number of para-hydroxylation sites is 1. The molecule has 1 unspecified atom stereocenters. The van der Waals surface area contributed by atoms with E-state index < -0.39 is 0 Å². The van der Waals surface area contributed by atoms with Gasteiger partial charge in [0.2, 0.25) is 0 Å². The molecule has 0 aliphatic carbocycles. The molecule has 1 N–H and O–H groups in total. The molecule has 0 spiro atoms. The van der Waals surface area contributed by atoms with Crippen LogP contribution < -0.4 is 4.74 Å². The molecule has 0 saturated carbocycles. The van der Waals surface area contributed by atoms with Crippen molar-refractivity contribution >= 4 is 0 Å². The molecular formula is C20H30N4O2. The second kappa shape index (κ2) is 9.16. The van der Waals surface area contributed by atoms with Crippen LogP contribution >= 0.6 is 0 Å². The fourth-order valence-electron chi connectivity index (χ4n) is 3.69. The van der Waals surface area contributed by atoms with E-state index in [9.17, 15) is 5.11 Å². The van der Waals surface area contributed by atoms with Crippen molar-refractivity contribution in [1.82, 2.24) is 19.6 Å². The predicted molar refractivity (Wildman–Crippen MR) is 102 cm³/mol. The first-order valence-corrected chi connectivity index (χ1v) is 9.45. The average Bonchev–Trinajstić information content (AvgIpc) is 3.04. The summed E-state index contributed by atoms with van der Waals surface area (Å²) in [5, 5.41) is 13.8. The lowest BCUT2D eigenvalue weighted by Crippen LogP contribution is -2.52. The molecule has 0 amide bonds. The van der Waals surface area contributed by atoms with Crippen LogP contribution in [-0.2, 0) is 20.1 Å². The van der Waals surface area contributed by atoms with Crippen molar-refractivity contribution in [3.8, 4) is 5.75 Å². The minimum absolute atomic E-state index is 0.217. The first-order chi connectivity index (χ1) is 12.7. The van der Waals surface area contributed by atoms with E-state index in [0.29, 0.717) is 12.6 Å². The molecule has 1 fully saturated rings. The van der Waals surface area contributed by atoms with Gasteiger partial charge in [-0.3, -0.25) is 14.5 Å². The van der Waals surface area contributed by atoms with Gasteiger partial charge in [0, 0.05) is 69.7 Å². The molecule has 0 bridgehead atoms. The standard InChI is InChI=1S/C20H30N4O2/c1-3-26-20-7-5-4-6-18(20)15-24-10-9-23(16-19(24)8-11-25)14-17-12-21-22(2)13-17/h4-7,12-13,19,25H,3,8-11,14-16H2,1-2H3. The van der Waals surface area contributed by atoms with Crippen LogP contribution in [0, 0.1) is 0 Å². The molecule has 0 radical (unpaired) electrons. The molecular weight excluding hydrogens is 328 g/mol. The van der Waals surface area contributed by atoms with E-state index >= 15 is 0 Å². The first kappa shape index (κ1) is 18.9. The van der Waals surface area contributed by atoms with Crippen LogP contribution in [0.2, 0.25) is 0 Å². The van der Waals surface area contributed by atoms with Crippen LogP contribution in [0.15, 0.2) is 36.7 Å². The van der Waals surface area contributed by atoms with Crippen molar-refractivity contribution in [3.63, 3.8) is 0 Å². The Morgan fingerprint density at radius 3 is 2.81 bits per heavy atom. The number of piperazine rings is 1. The van der Waals surface area contributed by atoms with Gasteiger partial charge in [-0.25, -0.2) is 0 Å². The van der Waals surface area contributed by atoms with Gasteiger partial charge in [0.15, 0.2) is 0 Å². The van der Waals surface area contributed by atoms with E-state index in [1.165, 1.54) is 11.1 Å². The van der Waals surface area contributed by atoms with E-state index in [0.717, 1.165) is 44.9 Å². The summed E-state index contributed by atoms with van der Waals surface area (Å²) < 4.78 is 7.63. The molecule has 26 heavy (non-hydrogen) atoms. The van der Waals surface area contributed by atoms with Crippen molar-refractivity contribution < 1.29 is 9.84 Å². The largest absolute Gasteiger partial charge is 0.494 e. The molecule has 6 heteroatoms. The van der Waals surface area contributed by atoms with Crippen molar-refractivity contribution in [3.05, 3.63) is 47.8 Å². The maximum atomic E-state index is 9.54. The molecule has 1 atom stereocenters. The van der Waals surface area contributed by atoms with E-state index in [4.69, 9.17) is 4.74 Å². The highest BCUT2D eigenvalue weighted by molar-refractivity contribution is 5.33. The number of aliphatic hydroxyl groups is 1. The third kappa shape index (κ3) is 4.84. The molecule has 6 nitrogen and oxygen atoms in total. The van der Waals surface area contributed by atoms with Gasteiger partial charge in [-0.1, -0.05) is 18.2 Å².